The van der Waals surface area contributed by atoms with Crippen LogP contribution in [-0.4, -0.2) is 17.1 Å². The molecule has 0 aliphatic carbocycles. The van der Waals surface area contributed by atoms with E-state index in [1.807, 2.05) is 0 Å². The lowest BCUT2D eigenvalue weighted by molar-refractivity contribution is 0.237. The van der Waals surface area contributed by atoms with Crippen molar-refractivity contribution < 1.29 is 8.23 Å². The van der Waals surface area contributed by atoms with Gasteiger partial charge in [0.1, 0.15) is 0 Å². The van der Waals surface area contributed by atoms with Gasteiger partial charge in [-0.3, -0.25) is 0 Å². The molecule has 1 saturated heterocycles. The minimum absolute atomic E-state index is 1.52. The van der Waals surface area contributed by atoms with E-state index in [1.54, 1.807) is 0 Å². The van der Waals surface area contributed by atoms with Crippen molar-refractivity contribution in [3.63, 3.8) is 0 Å². The molecule has 1 rings (SSSR count). The van der Waals surface area contributed by atoms with Crippen LogP contribution >= 0.6 is 0 Å². The van der Waals surface area contributed by atoms with Crippen LogP contribution in [0.15, 0.2) is 0 Å². The van der Waals surface area contributed by atoms with Gasteiger partial charge in [-0.2, -0.15) is 0 Å². The van der Waals surface area contributed by atoms with Crippen LogP contribution in [0.3, 0.4) is 0 Å². The fraction of sp³-hybridized carbons (Fsp3) is 1.00. The Labute approximate surface area is 52.3 Å². The molecule has 0 bridgehead atoms. The van der Waals surface area contributed by atoms with Crippen molar-refractivity contribution in [2.45, 2.75) is 26.2 Å². The van der Waals surface area contributed by atoms with Gasteiger partial charge in [0.2, 0.25) is 0 Å². The highest BCUT2D eigenvalue weighted by molar-refractivity contribution is 6.92. The van der Waals surface area contributed by atoms with Crippen molar-refractivity contribution in [1.29, 1.82) is 0 Å². The lowest BCUT2D eigenvalue weighted by Crippen LogP contribution is -2.64. The van der Waals surface area contributed by atoms with E-state index in [9.17, 15) is 0 Å². The summed E-state index contributed by atoms with van der Waals surface area (Å²) in [7, 11) is -3.05. The maximum absolute atomic E-state index is 5.57. The second kappa shape index (κ2) is 1.44. The van der Waals surface area contributed by atoms with Crippen LogP contribution in [0.25, 0.3) is 0 Å². The van der Waals surface area contributed by atoms with E-state index in [-0.39, 0.29) is 0 Å². The minimum Gasteiger partial charge on any atom is -0.416 e. The molecule has 48 valence electrons. The van der Waals surface area contributed by atoms with E-state index in [2.05, 4.69) is 26.2 Å². The third-order valence-electron chi connectivity index (χ3n) is 0.983. The Morgan fingerprint density at radius 3 is 1.00 bits per heavy atom. The van der Waals surface area contributed by atoms with E-state index in [4.69, 9.17) is 8.23 Å². The average Bonchev–Trinajstić information content (AvgIpc) is 1.20. The van der Waals surface area contributed by atoms with E-state index >= 15 is 0 Å². The van der Waals surface area contributed by atoms with E-state index in [0.717, 1.165) is 0 Å². The van der Waals surface area contributed by atoms with Crippen molar-refractivity contribution in [3.05, 3.63) is 0 Å². The first-order chi connectivity index (χ1) is 3.41. The van der Waals surface area contributed by atoms with Gasteiger partial charge in [-0.25, -0.2) is 0 Å². The number of hydrogen-bond donors (Lipinski definition) is 0. The lowest BCUT2D eigenvalue weighted by atomic mass is 11.9. The first-order valence-corrected chi connectivity index (χ1v) is 8.45. The van der Waals surface area contributed by atoms with Crippen LogP contribution in [0.1, 0.15) is 0 Å². The van der Waals surface area contributed by atoms with Crippen LogP contribution in [0.2, 0.25) is 26.2 Å². The second-order valence-corrected chi connectivity index (χ2v) is 10.2. The molecular weight excluding hydrogens is 136 g/mol. The Hall–Kier alpha value is 0.354. The number of rotatable bonds is 0. The molecular formula is C4H12O2Si2. The van der Waals surface area contributed by atoms with Crippen molar-refractivity contribution >= 4 is 17.1 Å². The summed E-state index contributed by atoms with van der Waals surface area (Å²) >= 11 is 0. The third-order valence-corrected chi connectivity index (χ3v) is 8.85. The summed E-state index contributed by atoms with van der Waals surface area (Å²) in [6, 6.07) is 0. The van der Waals surface area contributed by atoms with Crippen LogP contribution in [-0.2, 0) is 8.23 Å². The highest BCUT2D eigenvalue weighted by Gasteiger charge is 2.49. The van der Waals surface area contributed by atoms with Gasteiger partial charge in [-0.05, 0) is 26.2 Å². The molecule has 0 spiro atoms. The van der Waals surface area contributed by atoms with Crippen molar-refractivity contribution in [3.8, 4) is 0 Å². The molecule has 1 aliphatic rings. The molecule has 0 unspecified atom stereocenters. The molecule has 2 nitrogen and oxygen atoms in total. The molecule has 1 fully saturated rings. The summed E-state index contributed by atoms with van der Waals surface area (Å²) in [4.78, 5) is 0. The maximum Gasteiger partial charge on any atom is 0.314 e. The van der Waals surface area contributed by atoms with Gasteiger partial charge >= 0.3 is 17.1 Å². The van der Waals surface area contributed by atoms with Crippen molar-refractivity contribution in [2.24, 2.45) is 0 Å². The van der Waals surface area contributed by atoms with Crippen molar-refractivity contribution in [1.82, 2.24) is 0 Å². The molecule has 0 aromatic heterocycles. The summed E-state index contributed by atoms with van der Waals surface area (Å²) in [6.07, 6.45) is 0. The fourth-order valence-electron chi connectivity index (χ4n) is 1.19. The zero-order chi connectivity index (χ0) is 6.41. The summed E-state index contributed by atoms with van der Waals surface area (Å²) in [6.45, 7) is 8.30. The second-order valence-electron chi connectivity index (χ2n) is 3.00. The van der Waals surface area contributed by atoms with E-state index < -0.39 is 17.1 Å². The van der Waals surface area contributed by atoms with Gasteiger partial charge in [-0.1, -0.05) is 0 Å². The van der Waals surface area contributed by atoms with Gasteiger partial charge in [0.15, 0.2) is 0 Å². The van der Waals surface area contributed by atoms with Gasteiger partial charge < -0.3 is 8.23 Å². The largest absolute Gasteiger partial charge is 0.416 e. The van der Waals surface area contributed by atoms with Crippen molar-refractivity contribution in [2.75, 3.05) is 0 Å². The predicted molar refractivity (Wildman–Crippen MR) is 37.1 cm³/mol. The Morgan fingerprint density at radius 2 is 1.00 bits per heavy atom. The van der Waals surface area contributed by atoms with E-state index in [1.165, 1.54) is 0 Å². The average molecular weight is 148 g/mol. The maximum atomic E-state index is 5.57. The normalized spacial score (nSPS) is 31.5. The predicted octanol–water partition coefficient (Wildman–Crippen LogP) is 1.44. The summed E-state index contributed by atoms with van der Waals surface area (Å²) in [5.41, 5.74) is 0. The minimum atomic E-state index is -1.52. The van der Waals surface area contributed by atoms with Crippen LogP contribution in [0.4, 0.5) is 0 Å². The topological polar surface area (TPSA) is 18.5 Å². The molecule has 8 heavy (non-hydrogen) atoms. The first-order valence-electron chi connectivity index (χ1n) is 2.82. The Kier molecular flexibility index (Phi) is 1.17. The third kappa shape index (κ3) is 1.19. The number of hydrogen-bond acceptors (Lipinski definition) is 2. The Bertz CT molecular complexity index is 88.6. The van der Waals surface area contributed by atoms with E-state index in [0.29, 0.717) is 0 Å². The quantitative estimate of drug-likeness (QED) is 0.484. The van der Waals surface area contributed by atoms with Gasteiger partial charge in [0.25, 0.3) is 0 Å². The summed E-state index contributed by atoms with van der Waals surface area (Å²) in [5, 5.41) is 0. The fourth-order valence-corrected chi connectivity index (χ4v) is 10.7. The molecule has 0 N–H and O–H groups in total. The molecule has 4 heteroatoms. The SMILES string of the molecule is C[Si]1(C)O[Si](C)(C)O1. The monoisotopic (exact) mass is 148 g/mol. The smallest absolute Gasteiger partial charge is 0.314 e. The first kappa shape index (κ1) is 6.47. The molecule has 0 amide bonds. The molecule has 0 aromatic rings. The zero-order valence-corrected chi connectivity index (χ0v) is 7.82. The Morgan fingerprint density at radius 1 is 0.750 bits per heavy atom. The summed E-state index contributed by atoms with van der Waals surface area (Å²) in [5.74, 6) is 0. The zero-order valence-electron chi connectivity index (χ0n) is 5.82. The van der Waals surface area contributed by atoms with Gasteiger partial charge in [-0.15, -0.1) is 0 Å². The van der Waals surface area contributed by atoms with Crippen LogP contribution in [0.5, 0.6) is 0 Å². The highest BCUT2D eigenvalue weighted by Crippen LogP contribution is 2.29. The molecule has 0 saturated carbocycles. The van der Waals surface area contributed by atoms with Crippen LogP contribution in [0, 0.1) is 0 Å². The van der Waals surface area contributed by atoms with Crippen LogP contribution < -0.4 is 0 Å². The molecule has 0 aromatic carbocycles. The summed E-state index contributed by atoms with van der Waals surface area (Å²) < 4.78 is 11.1. The standard InChI is InChI=1S/C4H12O2Si2/c1-7(2)5-8(3,4)6-7/h1-4H3. The Balaban J connectivity index is 2.42. The van der Waals surface area contributed by atoms with Gasteiger partial charge in [0.05, 0.1) is 0 Å². The molecule has 1 heterocycles. The van der Waals surface area contributed by atoms with Gasteiger partial charge in [0, 0.05) is 0 Å². The molecule has 0 radical (unpaired) electrons. The molecule has 0 atom stereocenters. The highest BCUT2D eigenvalue weighted by atomic mass is 28.5. The molecule has 1 aliphatic heterocycles. The lowest BCUT2D eigenvalue weighted by Gasteiger charge is -2.46.